The van der Waals surface area contributed by atoms with Crippen molar-refractivity contribution in [2.24, 2.45) is 16.3 Å². The lowest BCUT2D eigenvalue weighted by molar-refractivity contribution is 1.06. The lowest BCUT2D eigenvalue weighted by atomic mass is 12.6. The monoisotopic (exact) mass is 59.0 g/mol. The van der Waals surface area contributed by atoms with Gasteiger partial charge in [0.1, 0.15) is 0 Å². The zero-order valence-corrected chi connectivity index (χ0v) is 1.97. The molecule has 0 radical (unpaired) electrons. The topological polar surface area (TPSA) is 74.5 Å². The van der Waals surface area contributed by atoms with Crippen LogP contribution in [0.1, 0.15) is 0 Å². The van der Waals surface area contributed by atoms with E-state index in [1.807, 2.05) is 0 Å². The van der Waals surface area contributed by atoms with Crippen molar-refractivity contribution in [3.8, 4) is 0 Å². The van der Waals surface area contributed by atoms with E-state index in [1.54, 1.807) is 0 Å². The molecule has 0 saturated heterocycles. The second kappa shape index (κ2) is 2.20. The van der Waals surface area contributed by atoms with Crippen LogP contribution in [0.4, 0.5) is 0 Å². The summed E-state index contributed by atoms with van der Waals surface area (Å²) < 4.78 is 0. The number of rotatable bonds is 0. The molecule has 0 aliphatic heterocycles. The molecule has 0 aromatic heterocycles. The Hall–Kier alpha value is -0.800. The van der Waals surface area contributed by atoms with Crippen LogP contribution in [-0.2, 0) is 0 Å². The molecular formula is H3N4-. The summed E-state index contributed by atoms with van der Waals surface area (Å²) in [5.74, 6) is 10.1. The van der Waals surface area contributed by atoms with Gasteiger partial charge in [-0.1, -0.05) is 0 Å². The van der Waals surface area contributed by atoms with Crippen molar-refractivity contribution in [3.05, 3.63) is 5.84 Å². The number of nitrogens with two attached hydrogens (primary N) is 1. The normalized spacial score (nSPS) is 9.00. The Morgan fingerprint density at radius 3 is 2.00 bits per heavy atom. The Labute approximate surface area is 23.4 Å². The Balaban J connectivity index is 2.55. The van der Waals surface area contributed by atoms with Gasteiger partial charge in [0.15, 0.2) is 0 Å². The minimum absolute atomic E-state index is 2.39. The van der Waals surface area contributed by atoms with E-state index in [9.17, 15) is 0 Å². The van der Waals surface area contributed by atoms with Crippen molar-refractivity contribution in [3.63, 3.8) is 0 Å². The Kier molecular flexibility index (Phi) is 1.76. The van der Waals surface area contributed by atoms with Crippen molar-refractivity contribution < 1.29 is 0 Å². The lowest BCUT2D eigenvalue weighted by Crippen LogP contribution is -1.68. The molecule has 0 aromatic rings. The maximum absolute atomic E-state index is 5.78. The third-order valence-electron chi connectivity index (χ3n) is 0.0577. The molecule has 0 bridgehead atoms. The molecule has 0 aliphatic carbocycles. The smallest absolute Gasteiger partial charge is 0.263 e. The van der Waals surface area contributed by atoms with Crippen LogP contribution < -0.4 is 5.84 Å². The first-order valence-corrected chi connectivity index (χ1v) is 0.682. The molecule has 0 unspecified atom stereocenters. The van der Waals surface area contributed by atoms with Crippen molar-refractivity contribution in [1.29, 1.82) is 0 Å². The zero-order valence-electron chi connectivity index (χ0n) is 1.97. The van der Waals surface area contributed by atoms with Gasteiger partial charge in [0.25, 0.3) is 0 Å². The maximum Gasteiger partial charge on any atom is -0.263 e. The number of hydrogen-bond donors (Lipinski definition) is 1. The van der Waals surface area contributed by atoms with Crippen molar-refractivity contribution in [2.75, 3.05) is 0 Å². The van der Waals surface area contributed by atoms with E-state index < -0.39 is 0 Å². The van der Waals surface area contributed by atoms with Gasteiger partial charge in [-0.05, 0) is 0 Å². The number of hydrogen-bond acceptors (Lipinski definition) is 2. The summed E-state index contributed by atoms with van der Waals surface area (Å²) in [6.07, 6.45) is 0. The van der Waals surface area contributed by atoms with Crippen LogP contribution in [-0.4, -0.2) is 0 Å². The molecule has 0 amide bonds. The van der Waals surface area contributed by atoms with Crippen molar-refractivity contribution in [2.45, 2.75) is 0 Å². The van der Waals surface area contributed by atoms with Crippen LogP contribution in [0.2, 0.25) is 0 Å². The van der Waals surface area contributed by atoms with Crippen LogP contribution >= 0.6 is 0 Å². The van der Waals surface area contributed by atoms with Gasteiger partial charge in [-0.3, -0.25) is 10.4 Å². The highest BCUT2D eigenvalue weighted by molar-refractivity contribution is 4.14. The molecule has 0 heterocycles. The molecule has 0 rings (SSSR count). The highest BCUT2D eigenvalue weighted by atomic mass is 15.4. The fraction of sp³-hybridized carbons (Fsp3) is 0. The fourth-order valence-electron chi connectivity index (χ4n) is 0. The van der Waals surface area contributed by atoms with E-state index in [-0.39, 0.29) is 0 Å². The molecular weight excluding hydrogens is 56.0 g/mol. The second-order valence-corrected chi connectivity index (χ2v) is 0.215. The van der Waals surface area contributed by atoms with E-state index >= 15 is 0 Å². The molecule has 0 spiro atoms. The van der Waals surface area contributed by atoms with Crippen LogP contribution in [0, 0.1) is 0 Å². The third-order valence-corrected chi connectivity index (χ3v) is 0.0577. The van der Waals surface area contributed by atoms with Gasteiger partial charge in [-0.2, -0.15) is 0 Å². The van der Waals surface area contributed by atoms with Gasteiger partial charge in [-0.15, -0.1) is 0 Å². The summed E-state index contributed by atoms with van der Waals surface area (Å²) in [6.45, 7) is 0. The van der Waals surface area contributed by atoms with Crippen LogP contribution in [0.25, 0.3) is 5.84 Å². The SMILES string of the molecule is [NH-]/N=N/N. The Morgan fingerprint density at radius 2 is 2.00 bits per heavy atom. The molecule has 24 valence electrons. The fourth-order valence-corrected chi connectivity index (χ4v) is 0. The average Bonchev–Trinajstić information content (AvgIpc) is 1.37. The number of nitrogens with zero attached hydrogens (tertiary/aromatic N) is 2. The van der Waals surface area contributed by atoms with Gasteiger partial charge >= 0.3 is 0 Å². The predicted molar refractivity (Wildman–Crippen MR) is 13.4 cm³/mol. The van der Waals surface area contributed by atoms with Crippen molar-refractivity contribution in [1.82, 2.24) is 0 Å². The second-order valence-electron chi connectivity index (χ2n) is 0.215. The van der Waals surface area contributed by atoms with E-state index in [0.29, 0.717) is 0 Å². The molecule has 0 fully saturated rings. The Morgan fingerprint density at radius 1 is 1.75 bits per heavy atom. The van der Waals surface area contributed by atoms with E-state index in [2.05, 4.69) is 16.3 Å². The molecule has 4 heteroatoms. The van der Waals surface area contributed by atoms with Gasteiger partial charge < -0.3 is 11.7 Å². The van der Waals surface area contributed by atoms with Crippen LogP contribution in [0.15, 0.2) is 10.4 Å². The summed E-state index contributed by atoms with van der Waals surface area (Å²) in [5.41, 5.74) is 0. The summed E-state index contributed by atoms with van der Waals surface area (Å²) in [7, 11) is 0. The minimum atomic E-state index is 2.39. The first-order chi connectivity index (χ1) is 1.91. The summed E-state index contributed by atoms with van der Waals surface area (Å²) >= 11 is 0. The highest BCUT2D eigenvalue weighted by Gasteiger charge is 1.10. The van der Waals surface area contributed by atoms with Crippen LogP contribution in [0.3, 0.4) is 0 Å². The largest absolute Gasteiger partial charge is 0.397 e. The summed E-state index contributed by atoms with van der Waals surface area (Å²) in [5, 5.41) is 4.92. The van der Waals surface area contributed by atoms with Gasteiger partial charge in [-0.25, -0.2) is 0 Å². The van der Waals surface area contributed by atoms with Crippen LogP contribution in [0.5, 0.6) is 0 Å². The van der Waals surface area contributed by atoms with Gasteiger partial charge in [0, 0.05) is 0 Å². The minimum Gasteiger partial charge on any atom is -0.397 e. The quantitative estimate of drug-likeness (QED) is 0.243. The molecule has 4 heavy (non-hydrogen) atoms. The third kappa shape index (κ3) is 1.20. The van der Waals surface area contributed by atoms with Gasteiger partial charge in [0.05, 0.1) is 0 Å². The molecule has 3 N–H and O–H groups in total. The molecule has 0 atom stereocenters. The first-order valence-electron chi connectivity index (χ1n) is 0.682. The molecule has 0 saturated carbocycles. The maximum atomic E-state index is 5.78. The van der Waals surface area contributed by atoms with Crippen molar-refractivity contribution >= 4 is 0 Å². The highest BCUT2D eigenvalue weighted by Crippen LogP contribution is 1.52. The van der Waals surface area contributed by atoms with Gasteiger partial charge in [0.2, 0.25) is 0 Å². The van der Waals surface area contributed by atoms with E-state index in [4.69, 9.17) is 5.84 Å². The predicted octanol–water partition coefficient (Wildman–Crippen LogP) is 0.280. The standard InChI is InChI=1S/H3N4/c1-3-4-2/h(H3-,1,2,3,4)/q-1. The average molecular weight is 59.1 g/mol. The number of nitrogens with one attached hydrogen (secondary N) is 1. The molecule has 0 aliphatic rings. The molecule has 4 nitrogen and oxygen atoms in total. The van der Waals surface area contributed by atoms with E-state index in [1.165, 1.54) is 0 Å². The first kappa shape index (κ1) is 3.20. The summed E-state index contributed by atoms with van der Waals surface area (Å²) in [4.78, 5) is 0. The molecule has 0 aromatic carbocycles. The lowest BCUT2D eigenvalue weighted by Gasteiger charge is -1.73. The zero-order chi connectivity index (χ0) is 3.41. The summed E-state index contributed by atoms with van der Waals surface area (Å²) in [6, 6.07) is 0. The van der Waals surface area contributed by atoms with E-state index in [0.717, 1.165) is 0 Å². The Bertz CT molecular complexity index is 15.2.